The summed E-state index contributed by atoms with van der Waals surface area (Å²) in [7, 11) is 0. The van der Waals surface area contributed by atoms with Crippen molar-refractivity contribution in [3.63, 3.8) is 0 Å². The zero-order valence-electron chi connectivity index (χ0n) is 23.4. The number of ether oxygens (including phenoxy) is 6. The van der Waals surface area contributed by atoms with Crippen molar-refractivity contribution in [2.24, 2.45) is 0 Å². The maximum absolute atomic E-state index is 10.4. The second kappa shape index (κ2) is 15.1. The minimum atomic E-state index is -2.01. The van der Waals surface area contributed by atoms with E-state index in [1.165, 1.54) is 0 Å². The standard InChI is InChI=1S/C24H42O21/c25-1-4-7(26)10(29)18(37)22(42-4)40-2-5-8(27)11(30)19(38)23(43-5)41-3-6-9(28)12(31)20(39)24(44-6)45-21-16(35)14(33)13(32)15(34)17(21)36/h4-39H,1-3H2. The first-order valence-electron chi connectivity index (χ1n) is 14.1. The molecule has 3 saturated heterocycles. The fourth-order valence-electron chi connectivity index (χ4n) is 5.46. The van der Waals surface area contributed by atoms with Crippen LogP contribution in [-0.2, 0) is 28.4 Å². The maximum atomic E-state index is 10.4. The van der Waals surface area contributed by atoms with E-state index in [2.05, 4.69) is 0 Å². The van der Waals surface area contributed by atoms with Crippen LogP contribution in [0.3, 0.4) is 0 Å². The molecule has 19 unspecified atom stereocenters. The first-order valence-corrected chi connectivity index (χ1v) is 14.1. The summed E-state index contributed by atoms with van der Waals surface area (Å²) in [4.78, 5) is 0. The van der Waals surface area contributed by atoms with Gasteiger partial charge in [-0.15, -0.1) is 0 Å². The first kappa shape index (κ1) is 37.0. The summed E-state index contributed by atoms with van der Waals surface area (Å²) in [6.45, 7) is -2.15. The molecule has 1 aliphatic carbocycles. The van der Waals surface area contributed by atoms with Crippen molar-refractivity contribution in [1.82, 2.24) is 0 Å². The molecule has 264 valence electrons. The van der Waals surface area contributed by atoms with Gasteiger partial charge in [0.2, 0.25) is 0 Å². The van der Waals surface area contributed by atoms with Crippen molar-refractivity contribution in [3.05, 3.63) is 0 Å². The van der Waals surface area contributed by atoms with E-state index < -0.39 is 149 Å². The van der Waals surface area contributed by atoms with Crippen LogP contribution in [-0.4, -0.2) is 225 Å². The van der Waals surface area contributed by atoms with Gasteiger partial charge in [-0.2, -0.15) is 0 Å². The molecule has 45 heavy (non-hydrogen) atoms. The lowest BCUT2D eigenvalue weighted by molar-refractivity contribution is -0.354. The quantitative estimate of drug-likeness (QED) is 0.109. The highest BCUT2D eigenvalue weighted by Gasteiger charge is 2.53. The molecular formula is C24H42O21. The Bertz CT molecular complexity index is 915. The third-order valence-corrected chi connectivity index (χ3v) is 8.40. The lowest BCUT2D eigenvalue weighted by Crippen LogP contribution is -2.67. The Morgan fingerprint density at radius 3 is 1.09 bits per heavy atom. The molecule has 3 heterocycles. The van der Waals surface area contributed by atoms with E-state index in [0.717, 1.165) is 0 Å². The predicted molar refractivity (Wildman–Crippen MR) is 134 cm³/mol. The van der Waals surface area contributed by atoms with Crippen LogP contribution >= 0.6 is 0 Å². The molecule has 0 radical (unpaired) electrons. The van der Waals surface area contributed by atoms with Gasteiger partial charge in [-0.25, -0.2) is 0 Å². The highest BCUT2D eigenvalue weighted by Crippen LogP contribution is 2.31. The van der Waals surface area contributed by atoms with Gasteiger partial charge in [-0.05, 0) is 0 Å². The van der Waals surface area contributed by atoms with Crippen LogP contribution in [0.15, 0.2) is 0 Å². The normalized spacial score (nSPS) is 54.6. The predicted octanol–water partition coefficient (Wildman–Crippen LogP) is -10.4. The summed E-state index contributed by atoms with van der Waals surface area (Å²) in [6.07, 6.45) is -38.1. The largest absolute Gasteiger partial charge is 0.394 e. The Labute approximate surface area is 254 Å². The molecule has 21 nitrogen and oxygen atoms in total. The van der Waals surface area contributed by atoms with Crippen LogP contribution in [0, 0.1) is 0 Å². The van der Waals surface area contributed by atoms with Gasteiger partial charge >= 0.3 is 0 Å². The Morgan fingerprint density at radius 2 is 0.667 bits per heavy atom. The molecule has 15 N–H and O–H groups in total. The van der Waals surface area contributed by atoms with Crippen LogP contribution < -0.4 is 0 Å². The van der Waals surface area contributed by atoms with Crippen LogP contribution in [0.25, 0.3) is 0 Å². The SMILES string of the molecule is OCC1OC(OCC2OC(OCC3OC(OC4C(O)C(O)C(O)C(O)C4O)C(O)C(O)C3O)C(O)C(O)C2O)C(O)C(O)C1O. The third-order valence-electron chi connectivity index (χ3n) is 8.40. The molecule has 21 heteroatoms. The maximum Gasteiger partial charge on any atom is 0.187 e. The molecule has 4 fully saturated rings. The van der Waals surface area contributed by atoms with Gasteiger partial charge in [0.05, 0.1) is 19.8 Å². The molecular weight excluding hydrogens is 624 g/mol. The molecule has 0 spiro atoms. The van der Waals surface area contributed by atoms with Crippen LogP contribution in [0.5, 0.6) is 0 Å². The Kier molecular flexibility index (Phi) is 12.5. The number of aliphatic hydroxyl groups is 15. The van der Waals surface area contributed by atoms with Crippen molar-refractivity contribution in [3.8, 4) is 0 Å². The van der Waals surface area contributed by atoms with E-state index in [1.807, 2.05) is 0 Å². The molecule has 0 aromatic carbocycles. The second-order valence-corrected chi connectivity index (χ2v) is 11.4. The highest BCUT2D eigenvalue weighted by atomic mass is 16.7. The third kappa shape index (κ3) is 7.44. The lowest BCUT2D eigenvalue weighted by atomic mass is 9.84. The summed E-state index contributed by atoms with van der Waals surface area (Å²) >= 11 is 0. The first-order chi connectivity index (χ1) is 21.1. The van der Waals surface area contributed by atoms with Crippen LogP contribution in [0.2, 0.25) is 0 Å². The van der Waals surface area contributed by atoms with E-state index in [9.17, 15) is 76.6 Å². The van der Waals surface area contributed by atoms with E-state index >= 15 is 0 Å². The summed E-state index contributed by atoms with van der Waals surface area (Å²) in [6, 6.07) is 0. The molecule has 4 aliphatic rings. The van der Waals surface area contributed by atoms with E-state index in [-0.39, 0.29) is 0 Å². The van der Waals surface area contributed by atoms with Gasteiger partial charge in [0.15, 0.2) is 18.9 Å². The molecule has 0 amide bonds. The minimum Gasteiger partial charge on any atom is -0.394 e. The van der Waals surface area contributed by atoms with Gasteiger partial charge in [0.25, 0.3) is 0 Å². The summed E-state index contributed by atoms with van der Waals surface area (Å²) < 4.78 is 32.1. The van der Waals surface area contributed by atoms with Crippen LogP contribution in [0.4, 0.5) is 0 Å². The van der Waals surface area contributed by atoms with E-state index in [0.29, 0.717) is 0 Å². The number of aliphatic hydroxyl groups excluding tert-OH is 15. The van der Waals surface area contributed by atoms with Gasteiger partial charge in [0, 0.05) is 0 Å². The highest BCUT2D eigenvalue weighted by molar-refractivity contribution is 5.01. The Hall–Kier alpha value is -0.840. The molecule has 1 saturated carbocycles. The van der Waals surface area contributed by atoms with Crippen LogP contribution in [0.1, 0.15) is 0 Å². The van der Waals surface area contributed by atoms with Crippen molar-refractivity contribution < 1.29 is 105 Å². The summed E-state index contributed by atoms with van der Waals surface area (Å²) in [5.74, 6) is 0. The van der Waals surface area contributed by atoms with Gasteiger partial charge in [-0.3, -0.25) is 0 Å². The summed E-state index contributed by atoms with van der Waals surface area (Å²) in [5.41, 5.74) is 0. The van der Waals surface area contributed by atoms with Gasteiger partial charge in [0.1, 0.15) is 110 Å². The zero-order chi connectivity index (χ0) is 33.5. The average molecular weight is 667 g/mol. The average Bonchev–Trinajstić information content (AvgIpc) is 3.03. The Balaban J connectivity index is 1.38. The van der Waals surface area contributed by atoms with Crippen molar-refractivity contribution in [2.45, 2.75) is 129 Å². The molecule has 3 aliphatic heterocycles. The monoisotopic (exact) mass is 666 g/mol. The minimum absolute atomic E-state index is 0.657. The fourth-order valence-corrected chi connectivity index (χ4v) is 5.46. The fraction of sp³-hybridized carbons (Fsp3) is 1.00. The molecule has 0 aromatic rings. The van der Waals surface area contributed by atoms with Gasteiger partial charge in [-0.1, -0.05) is 0 Å². The lowest BCUT2D eigenvalue weighted by Gasteiger charge is -2.46. The van der Waals surface area contributed by atoms with E-state index in [4.69, 9.17) is 28.4 Å². The number of hydrogen-bond donors (Lipinski definition) is 15. The zero-order valence-corrected chi connectivity index (χ0v) is 23.4. The van der Waals surface area contributed by atoms with Crippen molar-refractivity contribution in [1.29, 1.82) is 0 Å². The van der Waals surface area contributed by atoms with E-state index in [1.54, 1.807) is 0 Å². The second-order valence-electron chi connectivity index (χ2n) is 11.4. The number of rotatable bonds is 9. The topological polar surface area (TPSA) is 359 Å². The molecule has 0 bridgehead atoms. The smallest absolute Gasteiger partial charge is 0.187 e. The molecule has 4 rings (SSSR count). The molecule has 0 aromatic heterocycles. The summed E-state index contributed by atoms with van der Waals surface area (Å²) in [5, 5.41) is 152. The Morgan fingerprint density at radius 1 is 0.356 bits per heavy atom. The van der Waals surface area contributed by atoms with Gasteiger partial charge < -0.3 is 105 Å². The molecule has 19 atom stereocenters. The van der Waals surface area contributed by atoms with Crippen molar-refractivity contribution in [2.75, 3.05) is 19.8 Å². The van der Waals surface area contributed by atoms with Crippen molar-refractivity contribution >= 4 is 0 Å². The number of hydrogen-bond acceptors (Lipinski definition) is 21.